The molecule has 0 unspecified atom stereocenters. The van der Waals surface area contributed by atoms with Crippen LogP contribution in [0, 0.1) is 0 Å². The van der Waals surface area contributed by atoms with Gasteiger partial charge in [0.2, 0.25) is 10.0 Å². The minimum absolute atomic E-state index is 0.380. The van der Waals surface area contributed by atoms with E-state index in [-0.39, 0.29) is 0 Å². The number of nitrogens with one attached hydrogen (secondary N) is 1. The molecule has 0 aliphatic carbocycles. The first kappa shape index (κ1) is 11.5. The van der Waals surface area contributed by atoms with Crippen molar-refractivity contribution in [2.75, 3.05) is 19.3 Å². The standard InChI is InChI=1S/C9H18N2O2S/c1-8(2)10-9-4-6-11(7-5-9)14(3,12)13/h9-10H,1,4-7H2,2-3H3. The molecule has 1 rings (SSSR count). The highest BCUT2D eigenvalue weighted by Crippen LogP contribution is 2.13. The number of sulfonamides is 1. The largest absolute Gasteiger partial charge is 0.386 e. The van der Waals surface area contributed by atoms with Crippen molar-refractivity contribution in [2.24, 2.45) is 0 Å². The predicted molar refractivity (Wildman–Crippen MR) is 57.4 cm³/mol. The smallest absolute Gasteiger partial charge is 0.211 e. The summed E-state index contributed by atoms with van der Waals surface area (Å²) in [5.41, 5.74) is 0.947. The maximum Gasteiger partial charge on any atom is 0.211 e. The second-order valence-corrected chi connectivity index (χ2v) is 5.84. The second-order valence-electron chi connectivity index (χ2n) is 3.86. The van der Waals surface area contributed by atoms with Crippen LogP contribution in [0.25, 0.3) is 0 Å². The van der Waals surface area contributed by atoms with Crippen molar-refractivity contribution in [1.29, 1.82) is 0 Å². The molecule has 0 aromatic rings. The van der Waals surface area contributed by atoms with Gasteiger partial charge in [0.05, 0.1) is 6.26 Å². The van der Waals surface area contributed by atoms with E-state index in [1.165, 1.54) is 10.6 Å². The summed E-state index contributed by atoms with van der Waals surface area (Å²) >= 11 is 0. The van der Waals surface area contributed by atoms with Crippen LogP contribution in [0.5, 0.6) is 0 Å². The van der Waals surface area contributed by atoms with Crippen molar-refractivity contribution in [2.45, 2.75) is 25.8 Å². The number of hydrogen-bond donors (Lipinski definition) is 1. The van der Waals surface area contributed by atoms with Gasteiger partial charge in [0, 0.05) is 24.8 Å². The topological polar surface area (TPSA) is 49.4 Å². The maximum atomic E-state index is 11.2. The van der Waals surface area contributed by atoms with E-state index in [0.29, 0.717) is 19.1 Å². The van der Waals surface area contributed by atoms with Crippen LogP contribution in [-0.2, 0) is 10.0 Å². The number of nitrogens with zero attached hydrogens (tertiary/aromatic N) is 1. The van der Waals surface area contributed by atoms with Gasteiger partial charge in [-0.15, -0.1) is 0 Å². The molecule has 14 heavy (non-hydrogen) atoms. The lowest BCUT2D eigenvalue weighted by molar-refractivity contribution is 0.301. The van der Waals surface area contributed by atoms with Gasteiger partial charge in [0.25, 0.3) is 0 Å². The number of allylic oxidation sites excluding steroid dienone is 1. The normalized spacial score (nSPS) is 20.7. The van der Waals surface area contributed by atoms with Gasteiger partial charge in [-0.25, -0.2) is 12.7 Å². The van der Waals surface area contributed by atoms with E-state index < -0.39 is 10.0 Å². The fourth-order valence-electron chi connectivity index (χ4n) is 1.68. The van der Waals surface area contributed by atoms with Gasteiger partial charge in [-0.05, 0) is 19.8 Å². The van der Waals surface area contributed by atoms with Gasteiger partial charge in [-0.2, -0.15) is 0 Å². The molecule has 1 aliphatic rings. The first-order chi connectivity index (χ1) is 6.39. The number of piperidine rings is 1. The highest BCUT2D eigenvalue weighted by Gasteiger charge is 2.24. The van der Waals surface area contributed by atoms with Crippen LogP contribution in [0.2, 0.25) is 0 Å². The fourth-order valence-corrected chi connectivity index (χ4v) is 2.55. The maximum absolute atomic E-state index is 11.2. The highest BCUT2D eigenvalue weighted by molar-refractivity contribution is 7.88. The number of rotatable bonds is 3. The SMILES string of the molecule is C=C(C)NC1CCN(S(C)(=O)=O)CC1. The summed E-state index contributed by atoms with van der Waals surface area (Å²) in [5.74, 6) is 0. The Bertz CT molecular complexity index is 303. The summed E-state index contributed by atoms with van der Waals surface area (Å²) < 4.78 is 23.9. The van der Waals surface area contributed by atoms with Gasteiger partial charge < -0.3 is 5.32 Å². The van der Waals surface area contributed by atoms with E-state index in [9.17, 15) is 8.42 Å². The molecular formula is C9H18N2O2S. The molecule has 1 saturated heterocycles. The minimum atomic E-state index is -2.99. The van der Waals surface area contributed by atoms with Gasteiger partial charge in [0.1, 0.15) is 0 Å². The van der Waals surface area contributed by atoms with Crippen LogP contribution >= 0.6 is 0 Å². The molecule has 0 amide bonds. The molecule has 1 N–H and O–H groups in total. The molecule has 0 saturated carbocycles. The van der Waals surface area contributed by atoms with E-state index in [2.05, 4.69) is 11.9 Å². The minimum Gasteiger partial charge on any atom is -0.386 e. The zero-order valence-electron chi connectivity index (χ0n) is 8.78. The lowest BCUT2D eigenvalue weighted by Gasteiger charge is -2.31. The predicted octanol–water partition coefficient (Wildman–Crippen LogP) is 0.534. The van der Waals surface area contributed by atoms with Gasteiger partial charge in [-0.3, -0.25) is 0 Å². The summed E-state index contributed by atoms with van der Waals surface area (Å²) in [5, 5.41) is 3.24. The average Bonchev–Trinajstić information content (AvgIpc) is 2.02. The van der Waals surface area contributed by atoms with Crippen molar-refractivity contribution in [3.8, 4) is 0 Å². The Balaban J connectivity index is 2.43. The molecule has 0 aromatic carbocycles. The fraction of sp³-hybridized carbons (Fsp3) is 0.778. The van der Waals surface area contributed by atoms with Gasteiger partial charge in [0.15, 0.2) is 0 Å². The Morgan fingerprint density at radius 1 is 1.43 bits per heavy atom. The van der Waals surface area contributed by atoms with Crippen molar-refractivity contribution in [3.63, 3.8) is 0 Å². The molecule has 1 aliphatic heterocycles. The van der Waals surface area contributed by atoms with Crippen molar-refractivity contribution in [3.05, 3.63) is 12.3 Å². The van der Waals surface area contributed by atoms with Crippen LogP contribution in [0.1, 0.15) is 19.8 Å². The third kappa shape index (κ3) is 3.31. The summed E-state index contributed by atoms with van der Waals surface area (Å²) in [4.78, 5) is 0. The molecule has 0 radical (unpaired) electrons. The first-order valence-corrected chi connectivity index (χ1v) is 6.61. The highest BCUT2D eigenvalue weighted by atomic mass is 32.2. The van der Waals surface area contributed by atoms with E-state index in [1.807, 2.05) is 6.92 Å². The van der Waals surface area contributed by atoms with E-state index >= 15 is 0 Å². The Kier molecular flexibility index (Phi) is 3.55. The molecule has 1 fully saturated rings. The zero-order valence-corrected chi connectivity index (χ0v) is 9.60. The Morgan fingerprint density at radius 2 is 1.93 bits per heavy atom. The summed E-state index contributed by atoms with van der Waals surface area (Å²) in [7, 11) is -2.99. The van der Waals surface area contributed by atoms with Crippen LogP contribution in [0.3, 0.4) is 0 Å². The number of hydrogen-bond acceptors (Lipinski definition) is 3. The molecule has 5 heteroatoms. The van der Waals surface area contributed by atoms with E-state index in [1.54, 1.807) is 0 Å². The quantitative estimate of drug-likeness (QED) is 0.752. The first-order valence-electron chi connectivity index (χ1n) is 4.77. The van der Waals surface area contributed by atoms with Crippen LogP contribution < -0.4 is 5.32 Å². The van der Waals surface area contributed by atoms with Crippen molar-refractivity contribution in [1.82, 2.24) is 9.62 Å². The Hall–Kier alpha value is -0.550. The molecule has 0 aromatic heterocycles. The lowest BCUT2D eigenvalue weighted by atomic mass is 10.1. The summed E-state index contributed by atoms with van der Waals surface area (Å²) in [6.07, 6.45) is 2.99. The molecule has 4 nitrogen and oxygen atoms in total. The molecule has 1 heterocycles. The third-order valence-electron chi connectivity index (χ3n) is 2.37. The van der Waals surface area contributed by atoms with Crippen LogP contribution in [-0.4, -0.2) is 38.1 Å². The zero-order chi connectivity index (χ0) is 10.8. The third-order valence-corrected chi connectivity index (χ3v) is 3.68. The Morgan fingerprint density at radius 3 is 2.29 bits per heavy atom. The molecular weight excluding hydrogens is 200 g/mol. The second kappa shape index (κ2) is 4.31. The molecule has 82 valence electrons. The summed E-state index contributed by atoms with van der Waals surface area (Å²) in [6, 6.07) is 0.380. The average molecular weight is 218 g/mol. The van der Waals surface area contributed by atoms with Crippen molar-refractivity contribution < 1.29 is 8.42 Å². The monoisotopic (exact) mass is 218 g/mol. The Labute approximate surface area is 86.0 Å². The van der Waals surface area contributed by atoms with Gasteiger partial charge >= 0.3 is 0 Å². The van der Waals surface area contributed by atoms with Crippen LogP contribution in [0.4, 0.5) is 0 Å². The van der Waals surface area contributed by atoms with E-state index in [4.69, 9.17) is 0 Å². The van der Waals surface area contributed by atoms with Crippen LogP contribution in [0.15, 0.2) is 12.3 Å². The molecule has 0 spiro atoms. The molecule has 0 bridgehead atoms. The van der Waals surface area contributed by atoms with Gasteiger partial charge in [-0.1, -0.05) is 6.58 Å². The summed E-state index contributed by atoms with van der Waals surface area (Å²) in [6.45, 7) is 6.92. The lowest BCUT2D eigenvalue weighted by Crippen LogP contribution is -2.43. The van der Waals surface area contributed by atoms with Crippen molar-refractivity contribution >= 4 is 10.0 Å². The molecule has 0 atom stereocenters. The van der Waals surface area contributed by atoms with E-state index in [0.717, 1.165) is 18.5 Å².